The van der Waals surface area contributed by atoms with Gasteiger partial charge < -0.3 is 21.1 Å². The Morgan fingerprint density at radius 1 is 1.36 bits per heavy atom. The third kappa shape index (κ3) is 3.14. The van der Waals surface area contributed by atoms with E-state index in [1.807, 2.05) is 0 Å². The van der Waals surface area contributed by atoms with Crippen LogP contribution in [0, 0.1) is 0 Å². The molecule has 1 aromatic rings. The summed E-state index contributed by atoms with van der Waals surface area (Å²) in [5.41, 5.74) is 8.24. The number of rotatable bonds is 2. The van der Waals surface area contributed by atoms with Crippen LogP contribution in [0.4, 0.5) is 10.7 Å². The van der Waals surface area contributed by atoms with E-state index >= 15 is 0 Å². The third-order valence-corrected chi connectivity index (χ3v) is 5.14. The van der Waals surface area contributed by atoms with Gasteiger partial charge in [0, 0.05) is 28.6 Å². The largest absolute Gasteiger partial charge is 0.507 e. The Balaban J connectivity index is 1.70. The fourth-order valence-electron chi connectivity index (χ4n) is 3.12. The van der Waals surface area contributed by atoms with Gasteiger partial charge in [0.2, 0.25) is 5.95 Å². The lowest BCUT2D eigenvalue weighted by Crippen LogP contribution is -2.37. The molecule has 1 unspecified atom stereocenters. The van der Waals surface area contributed by atoms with Crippen LogP contribution in [0.25, 0.3) is 5.57 Å². The number of anilines is 1. The van der Waals surface area contributed by atoms with Crippen molar-refractivity contribution in [1.29, 1.82) is 0 Å². The molecule has 1 saturated carbocycles. The van der Waals surface area contributed by atoms with Crippen LogP contribution in [0.5, 0.6) is 0 Å². The molecule has 1 aliphatic heterocycles. The summed E-state index contributed by atoms with van der Waals surface area (Å²) in [6.45, 7) is 0.701. The van der Waals surface area contributed by atoms with Crippen molar-refractivity contribution in [2.24, 2.45) is 0 Å². The number of fused-ring (bicyclic) bond motifs is 1. The van der Waals surface area contributed by atoms with Gasteiger partial charge in [-0.15, -0.1) is 11.6 Å². The summed E-state index contributed by atoms with van der Waals surface area (Å²) < 4.78 is 0. The van der Waals surface area contributed by atoms with Crippen LogP contribution in [0.3, 0.4) is 0 Å². The van der Waals surface area contributed by atoms with Crippen molar-refractivity contribution in [2.45, 2.75) is 43.8 Å². The van der Waals surface area contributed by atoms with Crippen molar-refractivity contribution in [3.05, 3.63) is 33.8 Å². The lowest BCUT2D eigenvalue weighted by atomic mass is 9.96. The van der Waals surface area contributed by atoms with Gasteiger partial charge in [0.25, 0.3) is 0 Å². The van der Waals surface area contributed by atoms with Crippen molar-refractivity contribution < 1.29 is 9.90 Å². The molecule has 4 rings (SSSR count). The van der Waals surface area contributed by atoms with E-state index in [2.05, 4.69) is 15.3 Å². The summed E-state index contributed by atoms with van der Waals surface area (Å²) in [7, 11) is 0. The first-order chi connectivity index (χ1) is 11.9. The van der Waals surface area contributed by atoms with Gasteiger partial charge in [0.15, 0.2) is 0 Å². The maximum atomic E-state index is 12.3. The standard InChI is InChI=1S/C16H17Cl2N5O2/c17-7-3-10(18)13(12(24)4-7)14-9-5-23(16(25)20-8-1-2-8)6-11(9)21-15(19)22-14/h4,8,10,24H,1-3,5-6H2,(H,20,25)(H2,19,21,22). The zero-order valence-corrected chi connectivity index (χ0v) is 14.8. The molecule has 0 aromatic carbocycles. The molecular formula is C16H17Cl2N5O2. The van der Waals surface area contributed by atoms with Gasteiger partial charge in [-0.3, -0.25) is 0 Å². The first-order valence-corrected chi connectivity index (χ1v) is 8.88. The second-order valence-corrected chi connectivity index (χ2v) is 7.51. The van der Waals surface area contributed by atoms with Gasteiger partial charge >= 0.3 is 6.03 Å². The van der Waals surface area contributed by atoms with Crippen molar-refractivity contribution in [1.82, 2.24) is 20.2 Å². The van der Waals surface area contributed by atoms with E-state index in [1.165, 1.54) is 6.08 Å². The minimum absolute atomic E-state index is 0.0302. The van der Waals surface area contributed by atoms with Gasteiger partial charge in [0.1, 0.15) is 5.76 Å². The quantitative estimate of drug-likeness (QED) is 0.683. The second kappa shape index (κ2) is 6.07. The van der Waals surface area contributed by atoms with Gasteiger partial charge in [-0.05, 0) is 18.9 Å². The van der Waals surface area contributed by atoms with E-state index in [1.54, 1.807) is 4.90 Å². The number of carbonyl (C=O) groups is 1. The van der Waals surface area contributed by atoms with E-state index in [0.717, 1.165) is 18.4 Å². The maximum absolute atomic E-state index is 12.3. The Morgan fingerprint density at radius 2 is 2.12 bits per heavy atom. The van der Waals surface area contributed by atoms with Crippen molar-refractivity contribution in [3.63, 3.8) is 0 Å². The van der Waals surface area contributed by atoms with Crippen molar-refractivity contribution in [3.8, 4) is 0 Å². The van der Waals surface area contributed by atoms with Crippen LogP contribution in [0.15, 0.2) is 16.9 Å². The highest BCUT2D eigenvalue weighted by Crippen LogP contribution is 2.38. The van der Waals surface area contributed by atoms with Crippen LogP contribution in [-0.4, -0.2) is 37.4 Å². The van der Waals surface area contributed by atoms with E-state index in [4.69, 9.17) is 28.9 Å². The SMILES string of the molecule is Nc1nc2c(c(C3=C(O)C=C(Cl)CC3Cl)n1)CN(C(=O)NC1CC1)C2. The molecule has 1 atom stereocenters. The van der Waals surface area contributed by atoms with Crippen LogP contribution in [0.2, 0.25) is 0 Å². The Kier molecular flexibility index (Phi) is 4.00. The molecule has 2 amide bonds. The summed E-state index contributed by atoms with van der Waals surface area (Å²) in [4.78, 5) is 22.5. The highest BCUT2D eigenvalue weighted by atomic mass is 35.5. The van der Waals surface area contributed by atoms with E-state index < -0.39 is 5.38 Å². The molecule has 132 valence electrons. The molecule has 3 aliphatic rings. The van der Waals surface area contributed by atoms with E-state index in [9.17, 15) is 9.90 Å². The van der Waals surface area contributed by atoms with Gasteiger partial charge in [0.05, 0.1) is 29.9 Å². The highest BCUT2D eigenvalue weighted by Gasteiger charge is 2.34. The van der Waals surface area contributed by atoms with E-state index in [0.29, 0.717) is 41.5 Å². The molecule has 1 aromatic heterocycles. The summed E-state index contributed by atoms with van der Waals surface area (Å²) in [6, 6.07) is 0.147. The maximum Gasteiger partial charge on any atom is 0.318 e. The van der Waals surface area contributed by atoms with Gasteiger partial charge in [-0.25, -0.2) is 14.8 Å². The third-order valence-electron chi connectivity index (χ3n) is 4.50. The molecule has 0 radical (unpaired) electrons. The molecule has 1 fully saturated rings. The van der Waals surface area contributed by atoms with Crippen molar-refractivity contribution >= 4 is 40.8 Å². The van der Waals surface area contributed by atoms with E-state index in [-0.39, 0.29) is 23.8 Å². The number of urea groups is 1. The number of aromatic nitrogens is 2. The molecule has 25 heavy (non-hydrogen) atoms. The number of halogens is 2. The molecule has 2 aliphatic carbocycles. The number of hydrogen-bond acceptors (Lipinski definition) is 5. The summed E-state index contributed by atoms with van der Waals surface area (Å²) in [5, 5.41) is 13.2. The normalized spacial score (nSPS) is 22.7. The molecule has 4 N–H and O–H groups in total. The lowest BCUT2D eigenvalue weighted by molar-refractivity contribution is 0.197. The van der Waals surface area contributed by atoms with Gasteiger partial charge in [-0.2, -0.15) is 0 Å². The molecule has 2 heterocycles. The van der Waals surface area contributed by atoms with Crippen LogP contribution >= 0.6 is 23.2 Å². The monoisotopic (exact) mass is 381 g/mol. The number of nitrogens with one attached hydrogen (secondary N) is 1. The predicted molar refractivity (Wildman–Crippen MR) is 95.0 cm³/mol. The molecule has 7 nitrogen and oxygen atoms in total. The predicted octanol–water partition coefficient (Wildman–Crippen LogP) is 2.65. The minimum Gasteiger partial charge on any atom is -0.507 e. The number of allylic oxidation sites excluding steroid dienone is 3. The highest BCUT2D eigenvalue weighted by molar-refractivity contribution is 6.33. The molecule has 0 spiro atoms. The number of aliphatic hydroxyl groups is 1. The Bertz CT molecular complexity index is 819. The second-order valence-electron chi connectivity index (χ2n) is 6.50. The van der Waals surface area contributed by atoms with Crippen LogP contribution < -0.4 is 11.1 Å². The van der Waals surface area contributed by atoms with Crippen LogP contribution in [-0.2, 0) is 13.1 Å². The fourth-order valence-corrected chi connectivity index (χ4v) is 3.84. The molecule has 0 saturated heterocycles. The topological polar surface area (TPSA) is 104 Å². The summed E-state index contributed by atoms with van der Waals surface area (Å²) in [5.74, 6) is 0.0560. The number of carbonyl (C=O) groups excluding carboxylic acids is 1. The number of nitrogens with zero attached hydrogens (tertiary/aromatic N) is 3. The molecular weight excluding hydrogens is 365 g/mol. The molecule has 9 heteroatoms. The van der Waals surface area contributed by atoms with Crippen molar-refractivity contribution in [2.75, 3.05) is 5.73 Å². The first-order valence-electron chi connectivity index (χ1n) is 8.06. The first kappa shape index (κ1) is 16.5. The summed E-state index contributed by atoms with van der Waals surface area (Å²) in [6.07, 6.45) is 3.90. The summed E-state index contributed by atoms with van der Waals surface area (Å²) >= 11 is 12.4. The average molecular weight is 382 g/mol. The zero-order valence-electron chi connectivity index (χ0n) is 13.3. The smallest absolute Gasteiger partial charge is 0.318 e. The Labute approximate surface area is 154 Å². The van der Waals surface area contributed by atoms with Crippen LogP contribution in [0.1, 0.15) is 36.2 Å². The molecule has 0 bridgehead atoms. The average Bonchev–Trinajstić information content (AvgIpc) is 3.22. The Hall–Kier alpha value is -1.99. The minimum atomic E-state index is -0.523. The fraction of sp³-hybridized carbons (Fsp3) is 0.438. The zero-order chi connectivity index (χ0) is 17.7. The van der Waals surface area contributed by atoms with Gasteiger partial charge in [-0.1, -0.05) is 11.6 Å². The number of nitrogen functional groups attached to an aromatic ring is 1. The number of hydrogen-bond donors (Lipinski definition) is 3. The lowest BCUT2D eigenvalue weighted by Gasteiger charge is -2.21. The number of nitrogens with two attached hydrogens (primary N) is 1. The number of alkyl halides is 1. The Morgan fingerprint density at radius 3 is 2.80 bits per heavy atom. The number of amides is 2. The number of aliphatic hydroxyl groups excluding tert-OH is 1.